The predicted molar refractivity (Wildman–Crippen MR) is 67.0 cm³/mol. The smallest absolute Gasteiger partial charge is 0.253 e. The van der Waals surface area contributed by atoms with E-state index < -0.39 is 0 Å². The molecule has 2 fully saturated rings. The van der Waals surface area contributed by atoms with Crippen LogP contribution in [0, 0.1) is 11.2 Å². The van der Waals surface area contributed by atoms with E-state index in [0.29, 0.717) is 31.6 Å². The number of carbonyl (C=O) groups excluding carboxylic acids is 2. The number of hydrogen-bond donors (Lipinski definition) is 1. The molecule has 2 heterocycles. The van der Waals surface area contributed by atoms with Crippen molar-refractivity contribution >= 4 is 11.8 Å². The fourth-order valence-electron chi connectivity index (χ4n) is 2.92. The zero-order chi connectivity index (χ0) is 13.5. The lowest BCUT2D eigenvalue weighted by Crippen LogP contribution is -2.33. The van der Waals surface area contributed by atoms with Crippen LogP contribution in [-0.4, -0.2) is 36.3 Å². The van der Waals surface area contributed by atoms with Crippen LogP contribution in [0.5, 0.6) is 0 Å². The Balaban J connectivity index is 1.72. The summed E-state index contributed by atoms with van der Waals surface area (Å²) in [5, 5.41) is 2.83. The first-order valence-corrected chi connectivity index (χ1v) is 6.40. The van der Waals surface area contributed by atoms with Crippen LogP contribution in [0.3, 0.4) is 0 Å². The molecule has 3 rings (SSSR count). The van der Waals surface area contributed by atoms with E-state index in [1.807, 2.05) is 0 Å². The first kappa shape index (κ1) is 12.1. The molecule has 1 N–H and O–H groups in total. The average molecular weight is 262 g/mol. The topological polar surface area (TPSA) is 49.4 Å². The fraction of sp³-hybridized carbons (Fsp3) is 0.429. The minimum absolute atomic E-state index is 0.0658. The summed E-state index contributed by atoms with van der Waals surface area (Å²) in [7, 11) is 0. The zero-order valence-corrected chi connectivity index (χ0v) is 10.5. The molecule has 4 nitrogen and oxygen atoms in total. The molecule has 0 aliphatic carbocycles. The molecule has 2 aliphatic heterocycles. The van der Waals surface area contributed by atoms with Gasteiger partial charge in [0.05, 0.1) is 0 Å². The van der Waals surface area contributed by atoms with Gasteiger partial charge in [-0.15, -0.1) is 0 Å². The Labute approximate surface area is 110 Å². The lowest BCUT2D eigenvalue weighted by molar-refractivity contribution is -0.119. The van der Waals surface area contributed by atoms with E-state index in [1.54, 1.807) is 4.90 Å². The van der Waals surface area contributed by atoms with E-state index in [0.717, 1.165) is 6.42 Å². The largest absolute Gasteiger partial charge is 0.355 e. The van der Waals surface area contributed by atoms with Gasteiger partial charge in [-0.1, -0.05) is 0 Å². The first-order valence-electron chi connectivity index (χ1n) is 6.40. The predicted octanol–water partition coefficient (Wildman–Crippen LogP) is 1.18. The van der Waals surface area contributed by atoms with Crippen molar-refractivity contribution < 1.29 is 14.0 Å². The molecule has 2 amide bonds. The Morgan fingerprint density at radius 3 is 2.68 bits per heavy atom. The highest BCUT2D eigenvalue weighted by molar-refractivity contribution is 5.94. The summed E-state index contributed by atoms with van der Waals surface area (Å²) in [5.41, 5.74) is 0.406. The van der Waals surface area contributed by atoms with Crippen LogP contribution in [0.25, 0.3) is 0 Å². The van der Waals surface area contributed by atoms with Gasteiger partial charge in [0.15, 0.2) is 0 Å². The molecule has 0 bridgehead atoms. The van der Waals surface area contributed by atoms with Gasteiger partial charge in [-0.2, -0.15) is 0 Å². The second-order valence-electron chi connectivity index (χ2n) is 5.44. The number of benzene rings is 1. The van der Waals surface area contributed by atoms with E-state index in [-0.39, 0.29) is 23.0 Å². The minimum Gasteiger partial charge on any atom is -0.355 e. The SMILES string of the molecule is O=C1CC2(CCN(C(=O)c3ccc(F)cc3)C2)CN1. The summed E-state index contributed by atoms with van der Waals surface area (Å²) in [6.07, 6.45) is 1.35. The molecule has 100 valence electrons. The molecular weight excluding hydrogens is 247 g/mol. The number of nitrogens with zero attached hydrogens (tertiary/aromatic N) is 1. The number of amides is 2. The fourth-order valence-corrected chi connectivity index (χ4v) is 2.92. The standard InChI is InChI=1S/C14H15FN2O2/c15-11-3-1-10(2-4-11)13(19)17-6-5-14(9-17)7-12(18)16-8-14/h1-4H,5-9H2,(H,16,18). The summed E-state index contributed by atoms with van der Waals surface area (Å²) in [6, 6.07) is 5.58. The Bertz CT molecular complexity index is 529. The average Bonchev–Trinajstić information content (AvgIpc) is 2.97. The molecule has 5 heteroatoms. The molecule has 2 aliphatic rings. The molecule has 0 saturated carbocycles. The maximum Gasteiger partial charge on any atom is 0.253 e. The third kappa shape index (κ3) is 2.20. The van der Waals surface area contributed by atoms with Gasteiger partial charge in [0.1, 0.15) is 5.82 Å². The van der Waals surface area contributed by atoms with E-state index in [4.69, 9.17) is 0 Å². The highest BCUT2D eigenvalue weighted by atomic mass is 19.1. The third-order valence-corrected chi connectivity index (χ3v) is 4.01. The van der Waals surface area contributed by atoms with E-state index in [1.165, 1.54) is 24.3 Å². The van der Waals surface area contributed by atoms with Gasteiger partial charge >= 0.3 is 0 Å². The Morgan fingerprint density at radius 1 is 1.32 bits per heavy atom. The van der Waals surface area contributed by atoms with Crippen LogP contribution in [0.15, 0.2) is 24.3 Å². The van der Waals surface area contributed by atoms with Gasteiger partial charge in [0, 0.05) is 37.0 Å². The third-order valence-electron chi connectivity index (χ3n) is 4.01. The molecular formula is C14H15FN2O2. The summed E-state index contributed by atoms with van der Waals surface area (Å²) >= 11 is 0. The Kier molecular flexibility index (Phi) is 2.77. The second-order valence-corrected chi connectivity index (χ2v) is 5.44. The second kappa shape index (κ2) is 4.33. The lowest BCUT2D eigenvalue weighted by Gasteiger charge is -2.21. The summed E-state index contributed by atoms with van der Waals surface area (Å²) in [5.74, 6) is -0.368. The van der Waals surface area contributed by atoms with Gasteiger partial charge in [0.2, 0.25) is 5.91 Å². The van der Waals surface area contributed by atoms with Gasteiger partial charge in [-0.3, -0.25) is 9.59 Å². The number of rotatable bonds is 1. The van der Waals surface area contributed by atoms with Crippen molar-refractivity contribution in [2.75, 3.05) is 19.6 Å². The van der Waals surface area contributed by atoms with Gasteiger partial charge in [-0.05, 0) is 30.7 Å². The molecule has 1 atom stereocenters. The molecule has 1 aromatic rings. The molecule has 19 heavy (non-hydrogen) atoms. The van der Waals surface area contributed by atoms with Gasteiger partial charge in [0.25, 0.3) is 5.91 Å². The summed E-state index contributed by atoms with van der Waals surface area (Å²) in [4.78, 5) is 25.4. The maximum atomic E-state index is 12.8. The molecule has 1 spiro atoms. The van der Waals surface area contributed by atoms with Crippen molar-refractivity contribution in [3.8, 4) is 0 Å². The number of hydrogen-bond acceptors (Lipinski definition) is 2. The van der Waals surface area contributed by atoms with Crippen molar-refractivity contribution in [3.05, 3.63) is 35.6 Å². The lowest BCUT2D eigenvalue weighted by atomic mass is 9.86. The normalized spacial score (nSPS) is 25.9. The van der Waals surface area contributed by atoms with Crippen molar-refractivity contribution in [1.82, 2.24) is 10.2 Å². The van der Waals surface area contributed by atoms with Gasteiger partial charge < -0.3 is 10.2 Å². The molecule has 0 radical (unpaired) electrons. The highest BCUT2D eigenvalue weighted by Gasteiger charge is 2.45. The van der Waals surface area contributed by atoms with Crippen molar-refractivity contribution in [2.45, 2.75) is 12.8 Å². The Morgan fingerprint density at radius 2 is 2.05 bits per heavy atom. The van der Waals surface area contributed by atoms with Crippen LogP contribution >= 0.6 is 0 Å². The van der Waals surface area contributed by atoms with E-state index >= 15 is 0 Å². The first-order chi connectivity index (χ1) is 9.08. The number of likely N-dealkylation sites (tertiary alicyclic amines) is 1. The summed E-state index contributed by atoms with van der Waals surface area (Å²) < 4.78 is 12.8. The number of nitrogens with one attached hydrogen (secondary N) is 1. The van der Waals surface area contributed by atoms with E-state index in [2.05, 4.69) is 5.32 Å². The van der Waals surface area contributed by atoms with Crippen molar-refractivity contribution in [3.63, 3.8) is 0 Å². The Hall–Kier alpha value is -1.91. The van der Waals surface area contributed by atoms with E-state index in [9.17, 15) is 14.0 Å². The minimum atomic E-state index is -0.347. The summed E-state index contributed by atoms with van der Waals surface area (Å²) in [6.45, 7) is 1.91. The van der Waals surface area contributed by atoms with Crippen LogP contribution in [0.1, 0.15) is 23.2 Å². The van der Waals surface area contributed by atoms with Gasteiger partial charge in [-0.25, -0.2) is 4.39 Å². The number of halogens is 1. The van der Waals surface area contributed by atoms with Crippen LogP contribution in [-0.2, 0) is 4.79 Å². The maximum absolute atomic E-state index is 12.8. The highest BCUT2D eigenvalue weighted by Crippen LogP contribution is 2.37. The van der Waals surface area contributed by atoms with Crippen LogP contribution in [0.2, 0.25) is 0 Å². The molecule has 1 unspecified atom stereocenters. The van der Waals surface area contributed by atoms with Crippen molar-refractivity contribution in [1.29, 1.82) is 0 Å². The zero-order valence-electron chi connectivity index (χ0n) is 10.5. The van der Waals surface area contributed by atoms with Crippen molar-refractivity contribution in [2.24, 2.45) is 5.41 Å². The molecule has 1 aromatic carbocycles. The quantitative estimate of drug-likeness (QED) is 0.826. The van der Waals surface area contributed by atoms with Crippen LogP contribution < -0.4 is 5.32 Å². The monoisotopic (exact) mass is 262 g/mol. The number of carbonyl (C=O) groups is 2. The molecule has 2 saturated heterocycles. The van der Waals surface area contributed by atoms with Crippen LogP contribution in [0.4, 0.5) is 4.39 Å². The molecule has 0 aromatic heterocycles.